The molecule has 0 aliphatic carbocycles. The average Bonchev–Trinajstić information content (AvgIpc) is 2.93. The number of nitrogens with zero attached hydrogens (tertiary/aromatic N) is 3. The SMILES string of the molecule is CCCCc1nc2c([NH])nc3ccccc3c2n1CCCCN. The van der Waals surface area contributed by atoms with Crippen molar-refractivity contribution in [2.45, 2.75) is 45.6 Å². The van der Waals surface area contributed by atoms with Crippen molar-refractivity contribution in [3.8, 4) is 0 Å². The van der Waals surface area contributed by atoms with Gasteiger partial charge in [0.1, 0.15) is 11.3 Å². The van der Waals surface area contributed by atoms with Crippen molar-refractivity contribution in [1.82, 2.24) is 20.3 Å². The fourth-order valence-corrected chi connectivity index (χ4v) is 3.06. The van der Waals surface area contributed by atoms with Gasteiger partial charge >= 0.3 is 0 Å². The third-order valence-corrected chi connectivity index (χ3v) is 4.25. The monoisotopic (exact) mass is 310 g/mol. The summed E-state index contributed by atoms with van der Waals surface area (Å²) in [4.78, 5) is 9.17. The van der Waals surface area contributed by atoms with E-state index in [1.165, 1.54) is 0 Å². The Bertz CT molecular complexity index is 806. The van der Waals surface area contributed by atoms with Gasteiger partial charge in [-0.2, -0.15) is 0 Å². The highest BCUT2D eigenvalue weighted by Crippen LogP contribution is 2.30. The second-order valence-corrected chi connectivity index (χ2v) is 5.95. The molecule has 0 aliphatic heterocycles. The van der Waals surface area contributed by atoms with Crippen molar-refractivity contribution in [3.05, 3.63) is 30.1 Å². The molecular weight excluding hydrogens is 286 g/mol. The van der Waals surface area contributed by atoms with E-state index in [2.05, 4.69) is 22.5 Å². The largest absolute Gasteiger partial charge is 0.330 e. The van der Waals surface area contributed by atoms with Crippen molar-refractivity contribution in [2.75, 3.05) is 6.54 Å². The van der Waals surface area contributed by atoms with E-state index in [1.807, 2.05) is 18.2 Å². The van der Waals surface area contributed by atoms with Gasteiger partial charge in [-0.05, 0) is 31.9 Å². The number of pyridine rings is 1. The predicted molar refractivity (Wildman–Crippen MR) is 94.7 cm³/mol. The second kappa shape index (κ2) is 6.96. The first-order chi connectivity index (χ1) is 11.3. The van der Waals surface area contributed by atoms with E-state index in [-0.39, 0.29) is 5.82 Å². The lowest BCUT2D eigenvalue weighted by atomic mass is 10.2. The molecule has 0 atom stereocenters. The minimum atomic E-state index is 0.272. The molecule has 0 aliphatic rings. The maximum Gasteiger partial charge on any atom is 0.173 e. The normalized spacial score (nSPS) is 11.6. The molecule has 23 heavy (non-hydrogen) atoms. The molecule has 2 aromatic heterocycles. The van der Waals surface area contributed by atoms with Gasteiger partial charge in [0.2, 0.25) is 0 Å². The summed E-state index contributed by atoms with van der Waals surface area (Å²) in [5.41, 5.74) is 16.5. The molecule has 0 saturated carbocycles. The quantitative estimate of drug-likeness (QED) is 0.677. The molecule has 2 heterocycles. The lowest BCUT2D eigenvalue weighted by Gasteiger charge is -2.10. The third kappa shape index (κ3) is 3.01. The minimum Gasteiger partial charge on any atom is -0.330 e. The van der Waals surface area contributed by atoms with Crippen LogP contribution in [0.3, 0.4) is 0 Å². The Labute approximate surface area is 136 Å². The van der Waals surface area contributed by atoms with Gasteiger partial charge in [-0.1, -0.05) is 31.5 Å². The first-order valence-electron chi connectivity index (χ1n) is 8.45. The van der Waals surface area contributed by atoms with Crippen LogP contribution in [0.25, 0.3) is 21.9 Å². The number of imidazole rings is 1. The Kier molecular flexibility index (Phi) is 4.76. The highest BCUT2D eigenvalue weighted by Gasteiger charge is 2.16. The number of unbranched alkanes of at least 4 members (excludes halogenated alkanes) is 2. The Morgan fingerprint density at radius 3 is 2.74 bits per heavy atom. The van der Waals surface area contributed by atoms with Crippen LogP contribution >= 0.6 is 0 Å². The van der Waals surface area contributed by atoms with Gasteiger partial charge < -0.3 is 10.3 Å². The molecule has 5 heteroatoms. The summed E-state index contributed by atoms with van der Waals surface area (Å²) in [6, 6.07) is 8.04. The molecule has 5 nitrogen and oxygen atoms in total. The van der Waals surface area contributed by atoms with E-state index in [4.69, 9.17) is 16.5 Å². The maximum absolute atomic E-state index is 8.24. The number of fused-ring (bicyclic) bond motifs is 3. The molecule has 1 aromatic carbocycles. The van der Waals surface area contributed by atoms with Gasteiger partial charge in [0, 0.05) is 18.4 Å². The van der Waals surface area contributed by atoms with Crippen LogP contribution < -0.4 is 11.5 Å². The molecule has 121 valence electrons. The molecule has 0 amide bonds. The number of rotatable bonds is 7. The van der Waals surface area contributed by atoms with Gasteiger partial charge in [-0.3, -0.25) is 5.73 Å². The lowest BCUT2D eigenvalue weighted by molar-refractivity contribution is 0.593. The predicted octanol–water partition coefficient (Wildman–Crippen LogP) is 3.58. The van der Waals surface area contributed by atoms with Gasteiger partial charge in [-0.15, -0.1) is 0 Å². The molecule has 1 radical (unpaired) electrons. The summed E-state index contributed by atoms with van der Waals surface area (Å²) >= 11 is 0. The first kappa shape index (κ1) is 15.7. The van der Waals surface area contributed by atoms with Crippen LogP contribution in [-0.4, -0.2) is 21.1 Å². The molecule has 3 rings (SSSR count). The van der Waals surface area contributed by atoms with Crippen LogP contribution in [-0.2, 0) is 13.0 Å². The van der Waals surface area contributed by atoms with E-state index >= 15 is 0 Å². The highest BCUT2D eigenvalue weighted by molar-refractivity contribution is 6.06. The number of nitrogens with two attached hydrogens (primary N) is 1. The average molecular weight is 310 g/mol. The number of benzene rings is 1. The third-order valence-electron chi connectivity index (χ3n) is 4.25. The summed E-state index contributed by atoms with van der Waals surface area (Å²) in [7, 11) is 0. The number of nitrogens with one attached hydrogen (secondary N) is 1. The number of aromatic nitrogens is 3. The van der Waals surface area contributed by atoms with E-state index in [0.717, 1.165) is 66.4 Å². The van der Waals surface area contributed by atoms with E-state index in [9.17, 15) is 0 Å². The van der Waals surface area contributed by atoms with Crippen LogP contribution in [0, 0.1) is 0 Å². The van der Waals surface area contributed by atoms with Gasteiger partial charge in [-0.25, -0.2) is 9.97 Å². The van der Waals surface area contributed by atoms with Crippen molar-refractivity contribution in [1.29, 1.82) is 0 Å². The number of hydrogen-bond acceptors (Lipinski definition) is 3. The smallest absolute Gasteiger partial charge is 0.173 e. The van der Waals surface area contributed by atoms with Crippen LogP contribution in [0.2, 0.25) is 0 Å². The minimum absolute atomic E-state index is 0.272. The molecule has 3 N–H and O–H groups in total. The molecule has 0 bridgehead atoms. The second-order valence-electron chi connectivity index (χ2n) is 5.95. The first-order valence-corrected chi connectivity index (χ1v) is 8.45. The number of para-hydroxylation sites is 1. The highest BCUT2D eigenvalue weighted by atomic mass is 15.1. The lowest BCUT2D eigenvalue weighted by Crippen LogP contribution is -2.07. The Balaban J connectivity index is 2.19. The van der Waals surface area contributed by atoms with E-state index in [0.29, 0.717) is 6.54 Å². The molecule has 0 saturated heterocycles. The Morgan fingerprint density at radius 1 is 1.13 bits per heavy atom. The van der Waals surface area contributed by atoms with Crippen molar-refractivity contribution < 1.29 is 0 Å². The van der Waals surface area contributed by atoms with Crippen LogP contribution in [0.15, 0.2) is 24.3 Å². The fourth-order valence-electron chi connectivity index (χ4n) is 3.06. The summed E-state index contributed by atoms with van der Waals surface area (Å²) in [6.07, 6.45) is 5.23. The van der Waals surface area contributed by atoms with Crippen molar-refractivity contribution in [2.24, 2.45) is 5.73 Å². The summed E-state index contributed by atoms with van der Waals surface area (Å²) in [5, 5.41) is 1.08. The number of hydrogen-bond donors (Lipinski definition) is 1. The van der Waals surface area contributed by atoms with E-state index in [1.54, 1.807) is 0 Å². The zero-order chi connectivity index (χ0) is 16.2. The topological polar surface area (TPSA) is 80.5 Å². The Morgan fingerprint density at radius 2 is 1.96 bits per heavy atom. The molecule has 0 fully saturated rings. The summed E-state index contributed by atoms with van der Waals surface area (Å²) < 4.78 is 2.29. The molecule has 0 unspecified atom stereocenters. The van der Waals surface area contributed by atoms with Crippen molar-refractivity contribution in [3.63, 3.8) is 0 Å². The van der Waals surface area contributed by atoms with Gasteiger partial charge in [0.05, 0.1) is 11.0 Å². The van der Waals surface area contributed by atoms with Crippen LogP contribution in [0.5, 0.6) is 0 Å². The standard InChI is InChI=1S/C18H24N5/c1-2-3-10-15-22-16-17(23(15)12-7-6-11-19)13-8-4-5-9-14(13)21-18(16)20/h4-5,8-9,20H,2-3,6-7,10-12,19H2,1H3. The zero-order valence-corrected chi connectivity index (χ0v) is 13.7. The summed E-state index contributed by atoms with van der Waals surface area (Å²) in [6.45, 7) is 3.80. The van der Waals surface area contributed by atoms with E-state index < -0.39 is 0 Å². The molecule has 3 aromatic rings. The van der Waals surface area contributed by atoms with Crippen LogP contribution in [0.4, 0.5) is 5.82 Å². The maximum atomic E-state index is 8.24. The van der Waals surface area contributed by atoms with Crippen molar-refractivity contribution >= 4 is 27.8 Å². The number of aryl methyl sites for hydroxylation is 2. The molecular formula is C18H24N5. The molecule has 0 spiro atoms. The van der Waals surface area contributed by atoms with Gasteiger partial charge in [0.15, 0.2) is 5.82 Å². The fraction of sp³-hybridized carbons (Fsp3) is 0.444. The zero-order valence-electron chi connectivity index (χ0n) is 13.7. The van der Waals surface area contributed by atoms with Gasteiger partial charge in [0.25, 0.3) is 0 Å². The Hall–Kier alpha value is -2.14. The van der Waals surface area contributed by atoms with Crippen LogP contribution in [0.1, 0.15) is 38.4 Å². The summed E-state index contributed by atoms with van der Waals surface area (Å²) in [5.74, 6) is 1.35.